The summed E-state index contributed by atoms with van der Waals surface area (Å²) < 4.78 is 46.9. The summed E-state index contributed by atoms with van der Waals surface area (Å²) in [5.41, 5.74) is 0.00633. The Hall–Kier alpha value is -2.36. The van der Waals surface area contributed by atoms with E-state index in [1.165, 1.54) is 29.2 Å². The maximum atomic E-state index is 14.0. The lowest BCUT2D eigenvalue weighted by Crippen LogP contribution is -2.37. The van der Waals surface area contributed by atoms with Crippen molar-refractivity contribution in [3.63, 3.8) is 0 Å². The molecule has 2 aromatic carbocycles. The third kappa shape index (κ3) is 5.84. The van der Waals surface area contributed by atoms with Gasteiger partial charge in [-0.3, -0.25) is 9.69 Å². The standard InChI is InChI=1S/C20H20F3N3O2S.ClH/c1-25(2)8-5-9-26(18(27)12-28-16-7-4-3-6-14(16)22)20-24-19-15(23)10-13(21)11-17(19)29-20;/h3-4,6-7,10-11H,5,8-9,12H2,1-2H3;1H. The molecular weight excluding hydrogens is 439 g/mol. The van der Waals surface area contributed by atoms with E-state index in [-0.39, 0.29) is 28.8 Å². The van der Waals surface area contributed by atoms with Crippen LogP contribution in [0.5, 0.6) is 5.75 Å². The van der Waals surface area contributed by atoms with Gasteiger partial charge in [-0.05, 0) is 45.3 Å². The number of nitrogens with zero attached hydrogens (tertiary/aromatic N) is 3. The second-order valence-electron chi connectivity index (χ2n) is 6.65. The van der Waals surface area contributed by atoms with Crippen molar-refractivity contribution < 1.29 is 22.7 Å². The van der Waals surface area contributed by atoms with Crippen LogP contribution in [0.2, 0.25) is 0 Å². The number of hydrogen-bond donors (Lipinski definition) is 0. The number of hydrogen-bond acceptors (Lipinski definition) is 5. The van der Waals surface area contributed by atoms with Gasteiger partial charge in [0.2, 0.25) is 0 Å². The van der Waals surface area contributed by atoms with Crippen molar-refractivity contribution in [3.05, 3.63) is 53.8 Å². The molecule has 0 atom stereocenters. The minimum atomic E-state index is -0.786. The Kier molecular flexibility index (Phi) is 8.45. The van der Waals surface area contributed by atoms with E-state index in [4.69, 9.17) is 4.74 Å². The molecular formula is C20H21ClF3N3O2S. The average molecular weight is 460 g/mol. The van der Waals surface area contributed by atoms with Gasteiger partial charge in [0, 0.05) is 12.6 Å². The first kappa shape index (κ1) is 23.9. The molecule has 0 saturated heterocycles. The summed E-state index contributed by atoms with van der Waals surface area (Å²) in [5.74, 6) is -2.56. The number of para-hydroxylation sites is 1. The van der Waals surface area contributed by atoms with Crippen LogP contribution in [-0.2, 0) is 4.79 Å². The van der Waals surface area contributed by atoms with E-state index in [1.807, 2.05) is 19.0 Å². The number of amides is 1. The molecule has 0 aliphatic rings. The summed E-state index contributed by atoms with van der Waals surface area (Å²) >= 11 is 1.02. The molecule has 3 rings (SSSR count). The van der Waals surface area contributed by atoms with E-state index in [0.29, 0.717) is 24.2 Å². The largest absolute Gasteiger partial charge is 0.481 e. The Bertz CT molecular complexity index is 1020. The molecule has 0 N–H and O–H groups in total. The number of anilines is 1. The van der Waals surface area contributed by atoms with E-state index < -0.39 is 30.0 Å². The third-order valence-corrected chi connectivity index (χ3v) is 5.13. The van der Waals surface area contributed by atoms with Crippen molar-refractivity contribution in [1.82, 2.24) is 9.88 Å². The van der Waals surface area contributed by atoms with Gasteiger partial charge in [-0.15, -0.1) is 12.4 Å². The van der Waals surface area contributed by atoms with Gasteiger partial charge in [-0.2, -0.15) is 0 Å². The topological polar surface area (TPSA) is 45.7 Å². The van der Waals surface area contributed by atoms with E-state index >= 15 is 0 Å². The smallest absolute Gasteiger partial charge is 0.266 e. The van der Waals surface area contributed by atoms with Gasteiger partial charge < -0.3 is 9.64 Å². The maximum Gasteiger partial charge on any atom is 0.266 e. The van der Waals surface area contributed by atoms with Gasteiger partial charge in [-0.1, -0.05) is 23.5 Å². The van der Waals surface area contributed by atoms with Crippen molar-refractivity contribution in [2.24, 2.45) is 0 Å². The number of benzene rings is 2. The highest BCUT2D eigenvalue weighted by Gasteiger charge is 2.22. The average Bonchev–Trinajstić information content (AvgIpc) is 3.08. The van der Waals surface area contributed by atoms with E-state index in [0.717, 1.165) is 17.4 Å². The Morgan fingerprint density at radius 2 is 1.83 bits per heavy atom. The minimum Gasteiger partial charge on any atom is -0.481 e. The van der Waals surface area contributed by atoms with Crippen LogP contribution in [0, 0.1) is 17.5 Å². The van der Waals surface area contributed by atoms with Gasteiger partial charge in [0.05, 0.1) is 4.70 Å². The predicted octanol–water partition coefficient (Wildman–Crippen LogP) is 4.50. The summed E-state index contributed by atoms with van der Waals surface area (Å²) in [6.07, 6.45) is 0.630. The molecule has 0 aliphatic heterocycles. The number of carbonyl (C=O) groups excluding carboxylic acids is 1. The monoisotopic (exact) mass is 459 g/mol. The van der Waals surface area contributed by atoms with Gasteiger partial charge in [0.15, 0.2) is 29.1 Å². The second-order valence-corrected chi connectivity index (χ2v) is 7.66. The SMILES string of the molecule is CN(C)CCCN(C(=O)COc1ccccc1F)c1nc2c(F)cc(F)cc2s1.Cl. The molecule has 1 amide bonds. The van der Waals surface area contributed by atoms with Crippen molar-refractivity contribution in [1.29, 1.82) is 0 Å². The molecule has 0 radical (unpaired) electrons. The number of aromatic nitrogens is 1. The molecule has 0 aliphatic carbocycles. The summed E-state index contributed by atoms with van der Waals surface area (Å²) in [7, 11) is 3.81. The Morgan fingerprint density at radius 1 is 1.10 bits per heavy atom. The summed E-state index contributed by atoms with van der Waals surface area (Å²) in [4.78, 5) is 20.3. The molecule has 0 unspecified atom stereocenters. The first-order valence-corrected chi connectivity index (χ1v) is 9.75. The van der Waals surface area contributed by atoms with E-state index in [1.54, 1.807) is 6.07 Å². The van der Waals surface area contributed by atoms with Gasteiger partial charge in [0.25, 0.3) is 5.91 Å². The van der Waals surface area contributed by atoms with Crippen LogP contribution in [0.3, 0.4) is 0 Å². The first-order chi connectivity index (χ1) is 13.8. The zero-order valence-corrected chi connectivity index (χ0v) is 18.0. The van der Waals surface area contributed by atoms with Crippen LogP contribution < -0.4 is 9.64 Å². The molecule has 10 heteroatoms. The number of halogens is 4. The zero-order chi connectivity index (χ0) is 21.0. The normalized spacial score (nSPS) is 10.9. The fourth-order valence-corrected chi connectivity index (χ4v) is 3.76. The van der Waals surface area contributed by atoms with E-state index in [2.05, 4.69) is 4.98 Å². The minimum absolute atomic E-state index is 0. The lowest BCUT2D eigenvalue weighted by atomic mass is 10.3. The number of ether oxygens (including phenoxy) is 1. The second kappa shape index (κ2) is 10.6. The number of carbonyl (C=O) groups is 1. The lowest BCUT2D eigenvalue weighted by molar-refractivity contribution is -0.120. The highest BCUT2D eigenvalue weighted by atomic mass is 35.5. The maximum absolute atomic E-state index is 14.0. The van der Waals surface area contributed by atoms with Gasteiger partial charge >= 0.3 is 0 Å². The van der Waals surface area contributed by atoms with Crippen LogP contribution >= 0.6 is 23.7 Å². The van der Waals surface area contributed by atoms with Crippen molar-refractivity contribution in [2.45, 2.75) is 6.42 Å². The predicted molar refractivity (Wildman–Crippen MR) is 114 cm³/mol. The number of rotatable bonds is 8. The van der Waals surface area contributed by atoms with Crippen molar-refractivity contribution >= 4 is 45.0 Å². The zero-order valence-electron chi connectivity index (χ0n) is 16.4. The van der Waals surface area contributed by atoms with Crippen LogP contribution in [0.15, 0.2) is 36.4 Å². The first-order valence-electron chi connectivity index (χ1n) is 8.93. The molecule has 162 valence electrons. The molecule has 0 saturated carbocycles. The van der Waals surface area contributed by atoms with E-state index in [9.17, 15) is 18.0 Å². The Morgan fingerprint density at radius 3 is 2.53 bits per heavy atom. The molecule has 0 spiro atoms. The van der Waals surface area contributed by atoms with Crippen molar-refractivity contribution in [2.75, 3.05) is 38.7 Å². The van der Waals surface area contributed by atoms with Crippen LogP contribution in [0.1, 0.15) is 6.42 Å². The molecule has 5 nitrogen and oxygen atoms in total. The summed E-state index contributed by atoms with van der Waals surface area (Å²) in [5, 5.41) is 0.241. The quantitative estimate of drug-likeness (QED) is 0.497. The number of thiazole rings is 1. The molecule has 0 fully saturated rings. The van der Waals surface area contributed by atoms with Gasteiger partial charge in [-0.25, -0.2) is 18.2 Å². The highest BCUT2D eigenvalue weighted by Crippen LogP contribution is 2.31. The molecule has 1 aromatic heterocycles. The van der Waals surface area contributed by atoms with Crippen molar-refractivity contribution in [3.8, 4) is 5.75 Å². The summed E-state index contributed by atoms with van der Waals surface area (Å²) in [6.45, 7) is 0.614. The fourth-order valence-electron chi connectivity index (χ4n) is 2.71. The number of fused-ring (bicyclic) bond motifs is 1. The fraction of sp³-hybridized carbons (Fsp3) is 0.300. The van der Waals surface area contributed by atoms with Crippen LogP contribution in [0.4, 0.5) is 18.3 Å². The Balaban J connectivity index is 0.00000320. The summed E-state index contributed by atoms with van der Waals surface area (Å²) in [6, 6.07) is 7.71. The molecule has 0 bridgehead atoms. The third-order valence-electron chi connectivity index (χ3n) is 4.11. The van der Waals surface area contributed by atoms with Gasteiger partial charge in [0.1, 0.15) is 11.3 Å². The van der Waals surface area contributed by atoms with Crippen LogP contribution in [0.25, 0.3) is 10.2 Å². The molecule has 3 aromatic rings. The Labute approximate surface area is 182 Å². The highest BCUT2D eigenvalue weighted by molar-refractivity contribution is 7.22. The lowest BCUT2D eigenvalue weighted by Gasteiger charge is -2.21. The molecule has 1 heterocycles. The molecule has 30 heavy (non-hydrogen) atoms. The van der Waals surface area contributed by atoms with Crippen LogP contribution in [-0.4, -0.2) is 49.6 Å².